The maximum absolute atomic E-state index is 2.48. The Hall–Kier alpha value is -9.96. The monoisotopic (exact) mass is 993 g/mol. The van der Waals surface area contributed by atoms with Gasteiger partial charge in [0.25, 0.3) is 0 Å². The first-order valence-electron chi connectivity index (χ1n) is 27.3. The standard InChI is InChI=1S/C75H51N3/c1-2-16-51(17-3-1)74-62-22-6-8-24-64(62)75(65-25-9-7-23-63(65)74)52-34-42-59(43-35-52)78-72-44-36-53(49-30-38-57(39-31-49)76-68-26-12-4-18-55(68)46-56-19-5-13-27-69(56)76)47-66(72)67-48-54(37-45-73(67)78)50-32-40-58(41-33-50)77-70-28-14-10-20-60(70)61-21-11-15-29-71(61)77/h1-30,32-45,47-49H,31,46H2. The van der Waals surface area contributed by atoms with Crippen molar-refractivity contribution in [2.45, 2.75) is 18.8 Å². The van der Waals surface area contributed by atoms with Gasteiger partial charge in [0.1, 0.15) is 0 Å². The minimum Gasteiger partial charge on any atom is -0.310 e. The average Bonchev–Trinajstić information content (AvgIpc) is 4.21. The zero-order chi connectivity index (χ0) is 51.3. The van der Waals surface area contributed by atoms with Crippen LogP contribution >= 0.6 is 0 Å². The molecule has 2 aliphatic rings. The summed E-state index contributed by atoms with van der Waals surface area (Å²) >= 11 is 0. The molecule has 1 unspecified atom stereocenters. The van der Waals surface area contributed by atoms with E-state index in [9.17, 15) is 0 Å². The molecule has 0 amide bonds. The number of allylic oxidation sites excluding steroid dienone is 3. The number of nitrogens with zero attached hydrogens (tertiary/aromatic N) is 3. The molecule has 2 aromatic heterocycles. The average molecular weight is 994 g/mol. The van der Waals surface area contributed by atoms with Crippen LogP contribution in [0.25, 0.3) is 110 Å². The molecule has 16 rings (SSSR count). The van der Waals surface area contributed by atoms with Crippen LogP contribution in [0, 0.1) is 0 Å². The fourth-order valence-corrected chi connectivity index (χ4v) is 13.3. The highest BCUT2D eigenvalue weighted by Crippen LogP contribution is 2.46. The first-order chi connectivity index (χ1) is 38.7. The van der Waals surface area contributed by atoms with E-state index < -0.39 is 0 Å². The number of hydrogen-bond acceptors (Lipinski definition) is 1. The SMILES string of the molecule is C1=CC(c2ccc3c(c2)c2cc(-c4ccc(-n5c6ccccc6c6ccccc65)cc4)ccc2n3-c2ccc(-c3c4ccccc4c(-c4ccccc4)c4ccccc34)cc2)CC=C1N1c2ccccc2Cc2ccccc21. The Bertz CT molecular complexity index is 4620. The smallest absolute Gasteiger partial charge is 0.0541 e. The molecule has 366 valence electrons. The summed E-state index contributed by atoms with van der Waals surface area (Å²) in [6.45, 7) is 0. The van der Waals surface area contributed by atoms with Gasteiger partial charge < -0.3 is 14.0 Å². The van der Waals surface area contributed by atoms with Gasteiger partial charge in [-0.1, -0.05) is 200 Å². The lowest BCUT2D eigenvalue weighted by molar-refractivity contribution is 0.839. The number of aromatic nitrogens is 2. The molecule has 0 spiro atoms. The van der Waals surface area contributed by atoms with Gasteiger partial charge in [-0.05, 0) is 157 Å². The van der Waals surface area contributed by atoms with Crippen molar-refractivity contribution in [2.24, 2.45) is 0 Å². The van der Waals surface area contributed by atoms with E-state index in [2.05, 4.69) is 293 Å². The second-order valence-electron chi connectivity index (χ2n) is 21.1. The summed E-state index contributed by atoms with van der Waals surface area (Å²) in [5.74, 6) is 0.237. The number of para-hydroxylation sites is 4. The van der Waals surface area contributed by atoms with Gasteiger partial charge >= 0.3 is 0 Å². The lowest BCUT2D eigenvalue weighted by atomic mass is 9.86. The van der Waals surface area contributed by atoms with Crippen LogP contribution in [0.2, 0.25) is 0 Å². The van der Waals surface area contributed by atoms with E-state index in [1.54, 1.807) is 0 Å². The van der Waals surface area contributed by atoms with Crippen molar-refractivity contribution < 1.29 is 0 Å². The van der Waals surface area contributed by atoms with Crippen molar-refractivity contribution in [3.05, 3.63) is 301 Å². The van der Waals surface area contributed by atoms with E-state index in [4.69, 9.17) is 0 Å². The third kappa shape index (κ3) is 6.98. The maximum atomic E-state index is 2.48. The van der Waals surface area contributed by atoms with Crippen LogP contribution in [0.1, 0.15) is 29.0 Å². The van der Waals surface area contributed by atoms with E-state index in [1.165, 1.54) is 132 Å². The molecular weight excluding hydrogens is 943 g/mol. The van der Waals surface area contributed by atoms with Crippen LogP contribution in [-0.2, 0) is 6.42 Å². The third-order valence-electron chi connectivity index (χ3n) is 16.8. The van der Waals surface area contributed by atoms with Crippen LogP contribution in [0.15, 0.2) is 285 Å². The lowest BCUT2D eigenvalue weighted by Gasteiger charge is -2.35. The molecule has 0 fully saturated rings. The van der Waals surface area contributed by atoms with Crippen LogP contribution in [0.5, 0.6) is 0 Å². The first-order valence-corrected chi connectivity index (χ1v) is 27.3. The number of rotatable bonds is 7. The normalized spacial score (nSPS) is 14.2. The molecule has 78 heavy (non-hydrogen) atoms. The quantitative estimate of drug-likeness (QED) is 0.145. The largest absolute Gasteiger partial charge is 0.310 e. The van der Waals surface area contributed by atoms with Crippen LogP contribution < -0.4 is 4.90 Å². The van der Waals surface area contributed by atoms with E-state index in [1.807, 2.05) is 0 Å². The number of hydrogen-bond donors (Lipinski definition) is 0. The van der Waals surface area contributed by atoms with Gasteiger partial charge in [-0.3, -0.25) is 0 Å². The van der Waals surface area contributed by atoms with Crippen molar-refractivity contribution in [2.75, 3.05) is 4.90 Å². The highest BCUT2D eigenvalue weighted by Gasteiger charge is 2.26. The van der Waals surface area contributed by atoms with Gasteiger partial charge in [0.15, 0.2) is 0 Å². The number of fused-ring (bicyclic) bond motifs is 10. The molecular formula is C75H51N3. The minimum absolute atomic E-state index is 0.237. The topological polar surface area (TPSA) is 13.1 Å². The van der Waals surface area contributed by atoms with Gasteiger partial charge in [-0.2, -0.15) is 0 Å². The fourth-order valence-electron chi connectivity index (χ4n) is 13.3. The summed E-state index contributed by atoms with van der Waals surface area (Å²) in [7, 11) is 0. The highest BCUT2D eigenvalue weighted by molar-refractivity contribution is 6.21. The maximum Gasteiger partial charge on any atom is 0.0541 e. The highest BCUT2D eigenvalue weighted by atomic mass is 15.2. The molecule has 0 bridgehead atoms. The Morgan fingerprint density at radius 1 is 0.321 bits per heavy atom. The van der Waals surface area contributed by atoms with Crippen LogP contribution in [-0.4, -0.2) is 9.13 Å². The van der Waals surface area contributed by atoms with E-state index >= 15 is 0 Å². The predicted molar refractivity (Wildman–Crippen MR) is 329 cm³/mol. The van der Waals surface area contributed by atoms with Gasteiger partial charge in [0.05, 0.1) is 22.1 Å². The third-order valence-corrected chi connectivity index (χ3v) is 16.8. The Labute approximate surface area is 453 Å². The van der Waals surface area contributed by atoms with Crippen molar-refractivity contribution >= 4 is 76.5 Å². The van der Waals surface area contributed by atoms with E-state index in [0.717, 1.165) is 24.2 Å². The van der Waals surface area contributed by atoms with E-state index in [0.29, 0.717) is 0 Å². The first kappa shape index (κ1) is 44.3. The zero-order valence-electron chi connectivity index (χ0n) is 42.9. The van der Waals surface area contributed by atoms with Crippen molar-refractivity contribution in [1.29, 1.82) is 0 Å². The summed E-state index contributed by atoms with van der Waals surface area (Å²) in [6, 6.07) is 96.6. The molecule has 12 aromatic carbocycles. The van der Waals surface area contributed by atoms with Gasteiger partial charge in [-0.15, -0.1) is 0 Å². The predicted octanol–water partition coefficient (Wildman–Crippen LogP) is 19.9. The summed E-state index contributed by atoms with van der Waals surface area (Å²) in [5.41, 5.74) is 22.3. The molecule has 14 aromatic rings. The Morgan fingerprint density at radius 2 is 0.756 bits per heavy atom. The molecule has 3 nitrogen and oxygen atoms in total. The van der Waals surface area contributed by atoms with Crippen LogP contribution in [0.3, 0.4) is 0 Å². The van der Waals surface area contributed by atoms with Crippen LogP contribution in [0.4, 0.5) is 11.4 Å². The summed E-state index contributed by atoms with van der Waals surface area (Å²) in [6.07, 6.45) is 9.09. The Kier molecular flexibility index (Phi) is 10.1. The van der Waals surface area contributed by atoms with Crippen molar-refractivity contribution in [3.8, 4) is 44.8 Å². The Morgan fingerprint density at radius 3 is 1.31 bits per heavy atom. The van der Waals surface area contributed by atoms with Gasteiger partial charge in [0, 0.05) is 62.3 Å². The fraction of sp³-hybridized carbons (Fsp3) is 0.0400. The molecule has 1 atom stereocenters. The summed E-state index contributed by atoms with van der Waals surface area (Å²) in [4.78, 5) is 2.46. The van der Waals surface area contributed by atoms with Crippen molar-refractivity contribution in [1.82, 2.24) is 9.13 Å². The van der Waals surface area contributed by atoms with Gasteiger partial charge in [-0.25, -0.2) is 0 Å². The molecule has 0 saturated heterocycles. The number of benzene rings is 12. The second kappa shape index (κ2) is 17.8. The summed E-state index contributed by atoms with van der Waals surface area (Å²) < 4.78 is 4.87. The molecule has 0 N–H and O–H groups in total. The zero-order valence-corrected chi connectivity index (χ0v) is 42.9. The molecule has 1 aliphatic carbocycles. The Balaban J connectivity index is 0.812. The molecule has 1 aliphatic heterocycles. The second-order valence-corrected chi connectivity index (χ2v) is 21.1. The molecule has 0 radical (unpaired) electrons. The minimum atomic E-state index is 0.237. The molecule has 3 heterocycles. The van der Waals surface area contributed by atoms with Crippen molar-refractivity contribution in [3.63, 3.8) is 0 Å². The van der Waals surface area contributed by atoms with Gasteiger partial charge in [0.2, 0.25) is 0 Å². The van der Waals surface area contributed by atoms with E-state index in [-0.39, 0.29) is 5.92 Å². The molecule has 3 heteroatoms. The lowest BCUT2D eigenvalue weighted by Crippen LogP contribution is -2.23. The number of anilines is 2. The molecule has 0 saturated carbocycles. The summed E-state index contributed by atoms with van der Waals surface area (Å²) in [5, 5.41) is 10.1.